The Kier molecular flexibility index (Phi) is 8.00. The van der Waals surface area contributed by atoms with Gasteiger partial charge in [-0.1, -0.05) is 23.7 Å². The highest BCUT2D eigenvalue weighted by molar-refractivity contribution is 7.70. The first-order chi connectivity index (χ1) is 17.2. The fraction of sp³-hybridized carbons (Fsp3) is 0.389. The van der Waals surface area contributed by atoms with E-state index in [2.05, 4.69) is 24.9 Å². The van der Waals surface area contributed by atoms with Crippen molar-refractivity contribution in [3.05, 3.63) is 46.3 Å². The maximum Gasteiger partial charge on any atom is 0.340 e. The van der Waals surface area contributed by atoms with Crippen molar-refractivity contribution in [1.82, 2.24) is 19.7 Å². The van der Waals surface area contributed by atoms with Gasteiger partial charge in [-0.3, -0.25) is 9.13 Å². The van der Waals surface area contributed by atoms with Crippen molar-refractivity contribution < 1.29 is 48.4 Å². The van der Waals surface area contributed by atoms with Gasteiger partial charge in [0.1, 0.15) is 11.9 Å². The predicted octanol–water partition coefficient (Wildman–Crippen LogP) is 1.02. The lowest BCUT2D eigenvalue weighted by molar-refractivity contribution is -0.234. The van der Waals surface area contributed by atoms with Gasteiger partial charge in [0, 0.05) is 11.6 Å². The van der Waals surface area contributed by atoms with Crippen molar-refractivity contribution in [2.45, 2.75) is 30.8 Å². The third-order valence-electron chi connectivity index (χ3n) is 5.31. The van der Waals surface area contributed by atoms with Crippen LogP contribution in [0.5, 0.6) is 0 Å². The van der Waals surface area contributed by atoms with Crippen LogP contribution in [0.3, 0.4) is 0 Å². The molecule has 2 aromatic heterocycles. The maximum absolute atomic E-state index is 11.9. The molecule has 37 heavy (non-hydrogen) atoms. The summed E-state index contributed by atoms with van der Waals surface area (Å²) in [5, 5.41) is 39.2. The minimum Gasteiger partial charge on any atom is -0.383 e. The summed E-state index contributed by atoms with van der Waals surface area (Å²) in [4.78, 5) is 35.7. The smallest absolute Gasteiger partial charge is 0.340 e. The molecule has 1 aliphatic rings. The Morgan fingerprint density at radius 1 is 1.14 bits per heavy atom. The zero-order chi connectivity index (χ0) is 27.2. The normalized spacial score (nSPS) is 23.3. The zero-order valence-electron chi connectivity index (χ0n) is 18.5. The number of hydrogen-bond donors (Lipinski definition) is 7. The van der Waals surface area contributed by atoms with Gasteiger partial charge in [0.2, 0.25) is 11.1 Å². The Morgan fingerprint density at radius 3 is 2.46 bits per heavy atom. The van der Waals surface area contributed by atoms with E-state index in [0.29, 0.717) is 17.0 Å². The Hall–Kier alpha value is -1.71. The van der Waals surface area contributed by atoms with E-state index in [4.69, 9.17) is 37.7 Å². The number of anilines is 1. The lowest BCUT2D eigenvalue weighted by Crippen LogP contribution is -2.49. The zero-order valence-corrected chi connectivity index (χ0v) is 21.8. The van der Waals surface area contributed by atoms with Gasteiger partial charge in [0.15, 0.2) is 23.9 Å². The number of hydrogen-bond acceptors (Lipinski definition) is 11. The first-order valence-electron chi connectivity index (χ1n) is 10.3. The first kappa shape index (κ1) is 28.3. The molecule has 1 aromatic carbocycles. The van der Waals surface area contributed by atoms with Gasteiger partial charge >= 0.3 is 15.2 Å². The van der Waals surface area contributed by atoms with Crippen molar-refractivity contribution in [3.8, 4) is 0 Å². The SMILES string of the molecule is O=P(O)(O)CP(=O)(O)OC[C@H]1O[C@@H](n2ncc3c(NCc4ccc(Cl)cc4)nc(Cl)nc32)[C@H](O)C1(O)O. The second-order valence-electron chi connectivity index (χ2n) is 8.13. The molecule has 0 amide bonds. The molecular formula is C18H21Cl2N5O10P2. The average molecular weight is 600 g/mol. The van der Waals surface area contributed by atoms with Crippen LogP contribution in [0, 0.1) is 0 Å². The van der Waals surface area contributed by atoms with Crippen molar-refractivity contribution in [1.29, 1.82) is 0 Å². The Morgan fingerprint density at radius 2 is 1.81 bits per heavy atom. The molecule has 7 N–H and O–H groups in total. The molecule has 1 aliphatic heterocycles. The highest BCUT2D eigenvalue weighted by Crippen LogP contribution is 2.55. The quantitative estimate of drug-likeness (QED) is 0.103. The van der Waals surface area contributed by atoms with Crippen LogP contribution in [0.4, 0.5) is 5.82 Å². The average Bonchev–Trinajstić information content (AvgIpc) is 3.28. The molecule has 0 saturated carbocycles. The standard InChI is InChI=1S/C18H21Cl2N5O10P2/c19-10-3-1-9(2-4-10)5-21-14-11-6-22-25(15(11)24-17(20)23-14)16-13(26)18(27,28)12(35-16)7-34-37(32,33)8-36(29,30)31/h1-4,6,12-13,16,26-28H,5,7-8H2,(H,32,33)(H,21,23,24)(H2,29,30,31)/t12-,13+,16-/m1/s1. The van der Waals surface area contributed by atoms with Gasteiger partial charge in [-0.2, -0.15) is 15.1 Å². The van der Waals surface area contributed by atoms with E-state index in [1.165, 1.54) is 6.20 Å². The van der Waals surface area contributed by atoms with E-state index in [9.17, 15) is 29.3 Å². The maximum atomic E-state index is 11.9. The number of ether oxygens (including phenoxy) is 1. The molecule has 0 aliphatic carbocycles. The highest BCUT2D eigenvalue weighted by atomic mass is 35.5. The molecule has 4 atom stereocenters. The predicted molar refractivity (Wildman–Crippen MR) is 129 cm³/mol. The van der Waals surface area contributed by atoms with Crippen LogP contribution < -0.4 is 5.32 Å². The van der Waals surface area contributed by atoms with E-state index in [0.717, 1.165) is 10.2 Å². The molecule has 0 spiro atoms. The Balaban J connectivity index is 1.56. The fourth-order valence-corrected chi connectivity index (χ4v) is 6.41. The van der Waals surface area contributed by atoms with Crippen LogP contribution in [-0.2, 0) is 24.9 Å². The number of halogens is 2. The van der Waals surface area contributed by atoms with Crippen LogP contribution in [0.25, 0.3) is 11.0 Å². The highest BCUT2D eigenvalue weighted by Gasteiger charge is 2.56. The Labute approximate surface area is 218 Å². The van der Waals surface area contributed by atoms with Crippen LogP contribution in [-0.4, -0.2) is 80.3 Å². The number of aromatic nitrogens is 4. The number of rotatable bonds is 9. The number of nitrogens with one attached hydrogen (secondary N) is 1. The summed E-state index contributed by atoms with van der Waals surface area (Å²) in [6.07, 6.45) is -4.11. The lowest BCUT2D eigenvalue weighted by Gasteiger charge is -2.25. The largest absolute Gasteiger partial charge is 0.383 e. The summed E-state index contributed by atoms with van der Waals surface area (Å²) >= 11 is 12.0. The summed E-state index contributed by atoms with van der Waals surface area (Å²) in [6.45, 7) is -0.670. The molecule has 1 saturated heterocycles. The molecule has 1 unspecified atom stereocenters. The van der Waals surface area contributed by atoms with Crippen LogP contribution in [0.15, 0.2) is 30.5 Å². The molecule has 202 valence electrons. The van der Waals surface area contributed by atoms with Gasteiger partial charge < -0.3 is 44.6 Å². The number of nitrogens with zero attached hydrogens (tertiary/aromatic N) is 4. The molecule has 19 heteroatoms. The Bertz CT molecular complexity index is 1390. The fourth-order valence-electron chi connectivity index (χ4n) is 3.56. The second-order valence-corrected chi connectivity index (χ2v) is 12.9. The van der Waals surface area contributed by atoms with Crippen LogP contribution >= 0.6 is 38.4 Å². The van der Waals surface area contributed by atoms with E-state index < -0.39 is 51.9 Å². The minimum absolute atomic E-state index is 0.0503. The molecule has 0 bridgehead atoms. The van der Waals surface area contributed by atoms with E-state index in [-0.39, 0.29) is 16.7 Å². The van der Waals surface area contributed by atoms with Gasteiger partial charge in [0.25, 0.3) is 0 Å². The molecule has 3 heterocycles. The molecule has 3 aromatic rings. The molecule has 1 fully saturated rings. The van der Waals surface area contributed by atoms with Gasteiger partial charge in [0.05, 0.1) is 18.2 Å². The van der Waals surface area contributed by atoms with Crippen molar-refractivity contribution in [2.24, 2.45) is 0 Å². The van der Waals surface area contributed by atoms with Gasteiger partial charge in [-0.15, -0.1) is 0 Å². The molecule has 15 nitrogen and oxygen atoms in total. The summed E-state index contributed by atoms with van der Waals surface area (Å²) < 4.78 is 34.0. The minimum atomic E-state index is -4.92. The van der Waals surface area contributed by atoms with E-state index >= 15 is 0 Å². The summed E-state index contributed by atoms with van der Waals surface area (Å²) in [6, 6.07) is 7.04. The first-order valence-corrected chi connectivity index (χ1v) is 14.7. The molecule has 4 rings (SSSR count). The molecular weight excluding hydrogens is 579 g/mol. The second kappa shape index (κ2) is 10.5. The number of benzene rings is 1. The monoisotopic (exact) mass is 599 g/mol. The van der Waals surface area contributed by atoms with Crippen molar-refractivity contribution in [2.75, 3.05) is 17.8 Å². The van der Waals surface area contributed by atoms with Crippen molar-refractivity contribution in [3.63, 3.8) is 0 Å². The summed E-state index contributed by atoms with van der Waals surface area (Å²) in [5.74, 6) is -4.22. The topological polar surface area (TPSA) is 230 Å². The number of aliphatic hydroxyl groups excluding tert-OH is 1. The van der Waals surface area contributed by atoms with E-state index in [1.807, 2.05) is 0 Å². The van der Waals surface area contributed by atoms with Crippen LogP contribution in [0.1, 0.15) is 11.8 Å². The summed E-state index contributed by atoms with van der Waals surface area (Å²) in [5.41, 5.74) is 0.927. The third-order valence-corrected chi connectivity index (χ3v) is 9.19. The lowest BCUT2D eigenvalue weighted by atomic mass is 10.1. The van der Waals surface area contributed by atoms with E-state index in [1.54, 1.807) is 24.3 Å². The van der Waals surface area contributed by atoms with Crippen molar-refractivity contribution >= 4 is 55.2 Å². The van der Waals surface area contributed by atoms with Crippen LogP contribution in [0.2, 0.25) is 10.3 Å². The van der Waals surface area contributed by atoms with Gasteiger partial charge in [-0.05, 0) is 29.3 Å². The number of aliphatic hydroxyl groups is 3. The molecule has 0 radical (unpaired) electrons. The number of fused-ring (bicyclic) bond motifs is 1. The summed E-state index contributed by atoms with van der Waals surface area (Å²) in [7, 11) is -9.75. The van der Waals surface area contributed by atoms with Gasteiger partial charge in [-0.25, -0.2) is 4.68 Å². The third kappa shape index (κ3) is 6.48.